The maximum atomic E-state index is 12.3. The molecule has 0 saturated carbocycles. The van der Waals surface area contributed by atoms with Gasteiger partial charge in [0.2, 0.25) is 5.91 Å². The van der Waals surface area contributed by atoms with E-state index in [1.165, 1.54) is 0 Å². The van der Waals surface area contributed by atoms with Crippen molar-refractivity contribution in [3.05, 3.63) is 29.3 Å². The molecule has 1 aromatic rings. The highest BCUT2D eigenvalue weighted by atomic mass is 16.2. The van der Waals surface area contributed by atoms with Gasteiger partial charge >= 0.3 is 0 Å². The molecule has 0 unspecified atom stereocenters. The average molecular weight is 287 g/mol. The van der Waals surface area contributed by atoms with E-state index in [4.69, 9.17) is 5.11 Å². The molecule has 0 aliphatic carbocycles. The second-order valence-corrected chi connectivity index (χ2v) is 5.69. The maximum absolute atomic E-state index is 12.3. The third-order valence-electron chi connectivity index (χ3n) is 3.70. The Bertz CT molecular complexity index is 550. The summed E-state index contributed by atoms with van der Waals surface area (Å²) in [5.41, 5.74) is 2.47. The topological polar surface area (TPSA) is 49.3 Å². The van der Waals surface area contributed by atoms with Crippen molar-refractivity contribution >= 4 is 11.6 Å². The van der Waals surface area contributed by atoms with Crippen LogP contribution in [0.5, 0.6) is 0 Å². The number of aryl methyl sites for hydroxylation is 1. The number of benzene rings is 1. The van der Waals surface area contributed by atoms with E-state index in [1.807, 2.05) is 39.0 Å². The molecule has 0 aliphatic rings. The molecule has 1 aromatic carbocycles. The summed E-state index contributed by atoms with van der Waals surface area (Å²) < 4.78 is 0. The second-order valence-electron chi connectivity index (χ2n) is 5.69. The van der Waals surface area contributed by atoms with Crippen molar-refractivity contribution in [2.24, 2.45) is 5.41 Å². The molecular weight excluding hydrogens is 262 g/mol. The SMILES string of the molecule is CCc1cc(C#CCCO)ccc1NC(=O)C(C)(C)CC. The van der Waals surface area contributed by atoms with Crippen molar-refractivity contribution in [2.45, 2.75) is 47.0 Å². The molecule has 3 nitrogen and oxygen atoms in total. The summed E-state index contributed by atoms with van der Waals surface area (Å²) in [6, 6.07) is 5.81. The number of aliphatic hydroxyl groups excluding tert-OH is 1. The molecule has 0 atom stereocenters. The predicted molar refractivity (Wildman–Crippen MR) is 87.1 cm³/mol. The summed E-state index contributed by atoms with van der Waals surface area (Å²) in [7, 11) is 0. The van der Waals surface area contributed by atoms with Crippen molar-refractivity contribution in [1.29, 1.82) is 0 Å². The zero-order valence-corrected chi connectivity index (χ0v) is 13.4. The second kappa shape index (κ2) is 7.85. The molecule has 2 N–H and O–H groups in total. The smallest absolute Gasteiger partial charge is 0.230 e. The van der Waals surface area contributed by atoms with Gasteiger partial charge in [-0.25, -0.2) is 0 Å². The lowest BCUT2D eigenvalue weighted by Crippen LogP contribution is -2.30. The Balaban J connectivity index is 2.95. The van der Waals surface area contributed by atoms with Crippen LogP contribution < -0.4 is 5.32 Å². The van der Waals surface area contributed by atoms with Gasteiger partial charge in [-0.15, -0.1) is 0 Å². The van der Waals surface area contributed by atoms with E-state index in [0.717, 1.165) is 29.7 Å². The zero-order chi connectivity index (χ0) is 15.9. The molecule has 0 aliphatic heterocycles. The van der Waals surface area contributed by atoms with Gasteiger partial charge in [-0.1, -0.05) is 39.5 Å². The first-order valence-corrected chi connectivity index (χ1v) is 7.48. The van der Waals surface area contributed by atoms with Gasteiger partial charge in [0.1, 0.15) is 0 Å². The minimum Gasteiger partial charge on any atom is -0.395 e. The van der Waals surface area contributed by atoms with Crippen LogP contribution >= 0.6 is 0 Å². The van der Waals surface area contributed by atoms with Crippen molar-refractivity contribution in [3.63, 3.8) is 0 Å². The Morgan fingerprint density at radius 2 is 2.05 bits per heavy atom. The van der Waals surface area contributed by atoms with Gasteiger partial charge in [0.25, 0.3) is 0 Å². The molecule has 21 heavy (non-hydrogen) atoms. The molecule has 0 radical (unpaired) electrons. The monoisotopic (exact) mass is 287 g/mol. The fraction of sp³-hybridized carbons (Fsp3) is 0.500. The lowest BCUT2D eigenvalue weighted by Gasteiger charge is -2.22. The van der Waals surface area contributed by atoms with Crippen LogP contribution in [0.3, 0.4) is 0 Å². The minimum atomic E-state index is -0.370. The van der Waals surface area contributed by atoms with Crippen molar-refractivity contribution in [1.82, 2.24) is 0 Å². The van der Waals surface area contributed by atoms with E-state index < -0.39 is 0 Å². The van der Waals surface area contributed by atoms with Crippen LogP contribution in [0.2, 0.25) is 0 Å². The predicted octanol–water partition coefficient (Wildman–Crippen LogP) is 3.36. The number of hydrogen-bond acceptors (Lipinski definition) is 2. The van der Waals surface area contributed by atoms with Gasteiger partial charge in [-0.2, -0.15) is 0 Å². The van der Waals surface area contributed by atoms with Gasteiger partial charge in [-0.05, 0) is 36.6 Å². The highest BCUT2D eigenvalue weighted by Crippen LogP contribution is 2.24. The number of hydrogen-bond donors (Lipinski definition) is 2. The molecule has 0 heterocycles. The molecule has 1 rings (SSSR count). The van der Waals surface area contributed by atoms with Crippen molar-refractivity contribution in [2.75, 3.05) is 11.9 Å². The van der Waals surface area contributed by atoms with E-state index >= 15 is 0 Å². The Labute approximate surface area is 127 Å². The first-order valence-electron chi connectivity index (χ1n) is 7.48. The largest absolute Gasteiger partial charge is 0.395 e. The van der Waals surface area contributed by atoms with Crippen LogP contribution in [0.25, 0.3) is 0 Å². The summed E-state index contributed by atoms with van der Waals surface area (Å²) in [5.74, 6) is 5.97. The average Bonchev–Trinajstić information content (AvgIpc) is 2.48. The van der Waals surface area contributed by atoms with E-state index in [9.17, 15) is 4.79 Å². The summed E-state index contributed by atoms with van der Waals surface area (Å²) >= 11 is 0. The number of rotatable bonds is 5. The Hall–Kier alpha value is -1.79. The molecular formula is C18H25NO2. The van der Waals surface area contributed by atoms with E-state index in [2.05, 4.69) is 24.1 Å². The summed E-state index contributed by atoms with van der Waals surface area (Å²) in [6.45, 7) is 8.04. The van der Waals surface area contributed by atoms with Gasteiger partial charge in [-0.3, -0.25) is 4.79 Å². The van der Waals surface area contributed by atoms with Gasteiger partial charge in [0.15, 0.2) is 0 Å². The molecule has 0 saturated heterocycles. The highest BCUT2D eigenvalue weighted by molar-refractivity contribution is 5.95. The quantitative estimate of drug-likeness (QED) is 0.816. The van der Waals surface area contributed by atoms with E-state index in [1.54, 1.807) is 0 Å². The Morgan fingerprint density at radius 1 is 1.33 bits per heavy atom. The fourth-order valence-corrected chi connectivity index (χ4v) is 1.76. The summed E-state index contributed by atoms with van der Waals surface area (Å²) in [6.07, 6.45) is 2.10. The van der Waals surface area contributed by atoms with Crippen molar-refractivity contribution in [3.8, 4) is 11.8 Å². The molecule has 0 aromatic heterocycles. The number of anilines is 1. The number of carbonyl (C=O) groups excluding carboxylic acids is 1. The van der Waals surface area contributed by atoms with Gasteiger partial charge < -0.3 is 10.4 Å². The lowest BCUT2D eigenvalue weighted by molar-refractivity contribution is -0.124. The van der Waals surface area contributed by atoms with Crippen molar-refractivity contribution < 1.29 is 9.90 Å². The lowest BCUT2D eigenvalue weighted by atomic mass is 9.89. The van der Waals surface area contributed by atoms with E-state index in [-0.39, 0.29) is 17.9 Å². The summed E-state index contributed by atoms with van der Waals surface area (Å²) in [5, 5.41) is 11.8. The molecule has 0 fully saturated rings. The van der Waals surface area contributed by atoms with Crippen LogP contribution in [0, 0.1) is 17.3 Å². The van der Waals surface area contributed by atoms with Gasteiger partial charge in [0, 0.05) is 23.1 Å². The van der Waals surface area contributed by atoms with Gasteiger partial charge in [0.05, 0.1) is 6.61 Å². The highest BCUT2D eigenvalue weighted by Gasteiger charge is 2.25. The zero-order valence-electron chi connectivity index (χ0n) is 13.4. The van der Waals surface area contributed by atoms with Crippen LogP contribution in [0.1, 0.15) is 51.7 Å². The molecule has 0 spiro atoms. The Morgan fingerprint density at radius 3 is 2.62 bits per heavy atom. The van der Waals surface area contributed by atoms with Crippen LogP contribution in [0.4, 0.5) is 5.69 Å². The third-order valence-corrected chi connectivity index (χ3v) is 3.70. The standard InChI is InChI=1S/C18H25NO2/c1-5-15-13-14(9-7-8-12-20)10-11-16(15)19-17(21)18(3,4)6-2/h10-11,13,20H,5-6,8,12H2,1-4H3,(H,19,21). The number of carbonyl (C=O) groups is 1. The minimum absolute atomic E-state index is 0.0406. The summed E-state index contributed by atoms with van der Waals surface area (Å²) in [4.78, 5) is 12.3. The first kappa shape index (κ1) is 17.3. The van der Waals surface area contributed by atoms with Crippen LogP contribution in [0.15, 0.2) is 18.2 Å². The normalized spacial score (nSPS) is 10.7. The fourth-order valence-electron chi connectivity index (χ4n) is 1.76. The number of aliphatic hydroxyl groups is 1. The molecule has 3 heteroatoms. The number of nitrogens with one attached hydrogen (secondary N) is 1. The Kier molecular flexibility index (Phi) is 6.45. The third kappa shape index (κ3) is 4.91. The number of amides is 1. The maximum Gasteiger partial charge on any atom is 0.230 e. The van der Waals surface area contributed by atoms with E-state index in [0.29, 0.717) is 6.42 Å². The molecule has 114 valence electrons. The van der Waals surface area contributed by atoms with Crippen LogP contribution in [-0.4, -0.2) is 17.6 Å². The van der Waals surface area contributed by atoms with Crippen LogP contribution in [-0.2, 0) is 11.2 Å². The first-order chi connectivity index (χ1) is 9.94. The molecule has 1 amide bonds. The molecule has 0 bridgehead atoms.